The zero-order chi connectivity index (χ0) is 9.68. The summed E-state index contributed by atoms with van der Waals surface area (Å²) >= 11 is 0. The normalized spacial score (nSPS) is 15.6. The van der Waals surface area contributed by atoms with Crippen LogP contribution in [0.4, 0.5) is 0 Å². The molecule has 0 radical (unpaired) electrons. The van der Waals surface area contributed by atoms with Crippen LogP contribution in [0.25, 0.3) is 0 Å². The summed E-state index contributed by atoms with van der Waals surface area (Å²) in [5.74, 6) is 6.91. The van der Waals surface area contributed by atoms with Crippen LogP contribution in [0.15, 0.2) is 12.4 Å². The number of aromatic amines is 1. The van der Waals surface area contributed by atoms with E-state index in [1.165, 1.54) is 6.42 Å². The molecule has 4 heteroatoms. The van der Waals surface area contributed by atoms with E-state index in [0.717, 1.165) is 12.2 Å². The Morgan fingerprint density at radius 1 is 1.69 bits per heavy atom. The summed E-state index contributed by atoms with van der Waals surface area (Å²) in [6.45, 7) is 4.35. The Labute approximate surface area is 78.9 Å². The molecule has 0 aliphatic rings. The van der Waals surface area contributed by atoms with Gasteiger partial charge in [-0.1, -0.05) is 20.3 Å². The van der Waals surface area contributed by atoms with Gasteiger partial charge in [-0.3, -0.25) is 5.84 Å². The predicted octanol–water partition coefficient (Wildman–Crippen LogP) is 1.35. The third kappa shape index (κ3) is 2.54. The van der Waals surface area contributed by atoms with Gasteiger partial charge < -0.3 is 4.98 Å². The molecule has 2 atom stereocenters. The lowest BCUT2D eigenvalue weighted by Gasteiger charge is -2.20. The summed E-state index contributed by atoms with van der Waals surface area (Å²) in [5, 5.41) is 0. The van der Waals surface area contributed by atoms with E-state index in [4.69, 9.17) is 5.84 Å². The van der Waals surface area contributed by atoms with Gasteiger partial charge in [0.25, 0.3) is 0 Å². The van der Waals surface area contributed by atoms with Gasteiger partial charge in [-0.15, -0.1) is 0 Å². The average Bonchev–Trinajstić information content (AvgIpc) is 2.59. The van der Waals surface area contributed by atoms with Crippen LogP contribution in [0.1, 0.15) is 38.6 Å². The van der Waals surface area contributed by atoms with Crippen molar-refractivity contribution in [1.29, 1.82) is 0 Å². The van der Waals surface area contributed by atoms with Gasteiger partial charge in [-0.2, -0.15) is 0 Å². The van der Waals surface area contributed by atoms with Gasteiger partial charge in [0.05, 0.1) is 6.04 Å². The molecule has 0 amide bonds. The predicted molar refractivity (Wildman–Crippen MR) is 52.7 cm³/mol. The van der Waals surface area contributed by atoms with Gasteiger partial charge in [0, 0.05) is 12.4 Å². The molecule has 2 unspecified atom stereocenters. The van der Waals surface area contributed by atoms with E-state index in [-0.39, 0.29) is 6.04 Å². The highest BCUT2D eigenvalue weighted by molar-refractivity contribution is 4.96. The molecule has 0 fully saturated rings. The van der Waals surface area contributed by atoms with Gasteiger partial charge in [0.15, 0.2) is 0 Å². The summed E-state index contributed by atoms with van der Waals surface area (Å²) < 4.78 is 0. The molecule has 4 nitrogen and oxygen atoms in total. The minimum absolute atomic E-state index is 0.134. The third-order valence-corrected chi connectivity index (χ3v) is 2.31. The molecular formula is C9H18N4. The first kappa shape index (κ1) is 10.2. The quantitative estimate of drug-likeness (QED) is 0.475. The molecule has 1 aromatic rings. The lowest BCUT2D eigenvalue weighted by molar-refractivity contribution is 0.356. The fraction of sp³-hybridized carbons (Fsp3) is 0.667. The van der Waals surface area contributed by atoms with E-state index < -0.39 is 0 Å². The molecule has 13 heavy (non-hydrogen) atoms. The van der Waals surface area contributed by atoms with Gasteiger partial charge in [-0.25, -0.2) is 10.4 Å². The second-order valence-electron chi connectivity index (χ2n) is 3.38. The Kier molecular flexibility index (Phi) is 3.92. The molecule has 0 aliphatic carbocycles. The first-order chi connectivity index (χ1) is 6.29. The zero-order valence-electron chi connectivity index (χ0n) is 8.25. The smallest absolute Gasteiger partial charge is 0.124 e. The molecule has 1 heterocycles. The standard InChI is InChI=1S/C9H18N4/c1-3-4-7(2)8(13-10)9-11-5-6-12-9/h5-8,13H,3-4,10H2,1-2H3,(H,11,12). The van der Waals surface area contributed by atoms with Crippen LogP contribution in [-0.4, -0.2) is 9.97 Å². The maximum atomic E-state index is 5.49. The Hall–Kier alpha value is -0.870. The molecule has 74 valence electrons. The van der Waals surface area contributed by atoms with Crippen molar-refractivity contribution >= 4 is 0 Å². The topological polar surface area (TPSA) is 66.7 Å². The molecule has 0 saturated heterocycles. The van der Waals surface area contributed by atoms with Crippen molar-refractivity contribution in [3.05, 3.63) is 18.2 Å². The largest absolute Gasteiger partial charge is 0.347 e. The summed E-state index contributed by atoms with van der Waals surface area (Å²) in [5.41, 5.74) is 2.80. The summed E-state index contributed by atoms with van der Waals surface area (Å²) in [4.78, 5) is 7.27. The van der Waals surface area contributed by atoms with Gasteiger partial charge >= 0.3 is 0 Å². The van der Waals surface area contributed by atoms with E-state index in [1.54, 1.807) is 6.20 Å². The van der Waals surface area contributed by atoms with Crippen LogP contribution in [0, 0.1) is 5.92 Å². The number of H-pyrrole nitrogens is 1. The van der Waals surface area contributed by atoms with Crippen molar-refractivity contribution in [3.8, 4) is 0 Å². The molecule has 0 spiro atoms. The zero-order valence-corrected chi connectivity index (χ0v) is 8.25. The van der Waals surface area contributed by atoms with E-state index in [9.17, 15) is 0 Å². The minimum atomic E-state index is 0.134. The first-order valence-corrected chi connectivity index (χ1v) is 4.75. The number of hydrazine groups is 1. The average molecular weight is 182 g/mol. The van der Waals surface area contributed by atoms with Crippen LogP contribution >= 0.6 is 0 Å². The fourth-order valence-electron chi connectivity index (χ4n) is 1.58. The number of aromatic nitrogens is 2. The number of nitrogens with zero attached hydrogens (tertiary/aromatic N) is 1. The highest BCUT2D eigenvalue weighted by Gasteiger charge is 2.18. The summed E-state index contributed by atoms with van der Waals surface area (Å²) in [7, 11) is 0. The van der Waals surface area contributed by atoms with Gasteiger partial charge in [0.2, 0.25) is 0 Å². The highest BCUT2D eigenvalue weighted by Crippen LogP contribution is 2.21. The Balaban J connectivity index is 2.62. The van der Waals surface area contributed by atoms with Crippen molar-refractivity contribution in [2.75, 3.05) is 0 Å². The molecule has 0 bridgehead atoms. The van der Waals surface area contributed by atoms with E-state index in [0.29, 0.717) is 5.92 Å². The molecule has 0 aliphatic heterocycles. The SMILES string of the molecule is CCCC(C)C(NN)c1ncc[nH]1. The molecule has 1 rings (SSSR count). The molecule has 0 aromatic carbocycles. The monoisotopic (exact) mass is 182 g/mol. The number of hydrogen-bond acceptors (Lipinski definition) is 3. The van der Waals surface area contributed by atoms with Crippen molar-refractivity contribution in [3.63, 3.8) is 0 Å². The van der Waals surface area contributed by atoms with E-state index in [2.05, 4.69) is 29.2 Å². The number of nitrogens with one attached hydrogen (secondary N) is 2. The van der Waals surface area contributed by atoms with Crippen molar-refractivity contribution in [1.82, 2.24) is 15.4 Å². The second kappa shape index (κ2) is 4.99. The van der Waals surface area contributed by atoms with Crippen LogP contribution in [-0.2, 0) is 0 Å². The maximum Gasteiger partial charge on any atom is 0.124 e. The number of nitrogens with two attached hydrogens (primary N) is 1. The highest BCUT2D eigenvalue weighted by atomic mass is 15.2. The molecular weight excluding hydrogens is 164 g/mol. The van der Waals surface area contributed by atoms with Crippen molar-refractivity contribution in [2.45, 2.75) is 32.7 Å². The molecule has 0 saturated carbocycles. The number of rotatable bonds is 5. The minimum Gasteiger partial charge on any atom is -0.347 e. The van der Waals surface area contributed by atoms with Crippen molar-refractivity contribution in [2.24, 2.45) is 11.8 Å². The lowest BCUT2D eigenvalue weighted by atomic mass is 9.97. The van der Waals surface area contributed by atoms with Gasteiger partial charge in [-0.05, 0) is 12.3 Å². The van der Waals surface area contributed by atoms with Crippen molar-refractivity contribution < 1.29 is 0 Å². The Morgan fingerprint density at radius 3 is 2.92 bits per heavy atom. The summed E-state index contributed by atoms with van der Waals surface area (Å²) in [6.07, 6.45) is 5.88. The van der Waals surface area contributed by atoms with E-state index in [1.807, 2.05) is 6.20 Å². The molecule has 4 N–H and O–H groups in total. The Bertz CT molecular complexity index is 220. The van der Waals surface area contributed by atoms with Gasteiger partial charge in [0.1, 0.15) is 5.82 Å². The fourth-order valence-corrected chi connectivity index (χ4v) is 1.58. The van der Waals surface area contributed by atoms with Crippen LogP contribution in [0.5, 0.6) is 0 Å². The van der Waals surface area contributed by atoms with Crippen LogP contribution < -0.4 is 11.3 Å². The first-order valence-electron chi connectivity index (χ1n) is 4.75. The summed E-state index contributed by atoms with van der Waals surface area (Å²) in [6, 6.07) is 0.134. The maximum absolute atomic E-state index is 5.49. The molecule has 1 aromatic heterocycles. The van der Waals surface area contributed by atoms with E-state index >= 15 is 0 Å². The number of hydrogen-bond donors (Lipinski definition) is 3. The lowest BCUT2D eigenvalue weighted by Crippen LogP contribution is -2.33. The van der Waals surface area contributed by atoms with Crippen LogP contribution in [0.2, 0.25) is 0 Å². The second-order valence-corrected chi connectivity index (χ2v) is 3.38. The Morgan fingerprint density at radius 2 is 2.46 bits per heavy atom. The van der Waals surface area contributed by atoms with Crippen LogP contribution in [0.3, 0.4) is 0 Å². The number of imidazole rings is 1. The third-order valence-electron chi connectivity index (χ3n) is 2.31.